The van der Waals surface area contributed by atoms with E-state index in [1.54, 1.807) is 19.1 Å². The van der Waals surface area contributed by atoms with E-state index in [0.29, 0.717) is 0 Å². The van der Waals surface area contributed by atoms with Gasteiger partial charge in [-0.3, -0.25) is 9.52 Å². The summed E-state index contributed by atoms with van der Waals surface area (Å²) >= 11 is 0. The predicted molar refractivity (Wildman–Crippen MR) is 137 cm³/mol. The molecule has 36 heavy (non-hydrogen) atoms. The van der Waals surface area contributed by atoms with Gasteiger partial charge in [-0.1, -0.05) is 24.6 Å². The smallest absolute Gasteiger partial charge is 0.261 e. The van der Waals surface area contributed by atoms with Gasteiger partial charge in [0.25, 0.3) is 15.9 Å². The number of fused-ring (bicyclic) bond motifs is 1. The number of ether oxygens (including phenoxy) is 1. The van der Waals surface area contributed by atoms with Crippen LogP contribution in [0.3, 0.4) is 0 Å². The lowest BCUT2D eigenvalue weighted by molar-refractivity contribution is 0.0387. The van der Waals surface area contributed by atoms with Crippen LogP contribution in [-0.4, -0.2) is 82.2 Å². The molecule has 1 heterocycles. The number of rotatable bonds is 8. The van der Waals surface area contributed by atoms with Crippen LogP contribution in [0.25, 0.3) is 0 Å². The first-order chi connectivity index (χ1) is 16.7. The van der Waals surface area contributed by atoms with Crippen molar-refractivity contribution in [3.05, 3.63) is 53.6 Å². The summed E-state index contributed by atoms with van der Waals surface area (Å²) in [5.41, 5.74) is 1.20. The van der Waals surface area contributed by atoms with E-state index in [1.165, 1.54) is 46.6 Å². The molecule has 0 bridgehead atoms. The number of nitrogens with zero attached hydrogens (tertiary/aromatic N) is 2. The summed E-state index contributed by atoms with van der Waals surface area (Å²) < 4.78 is 59.6. The molecule has 2 aromatic carbocycles. The molecule has 2 aromatic rings. The molecule has 0 aromatic heterocycles. The van der Waals surface area contributed by atoms with Crippen LogP contribution in [0.1, 0.15) is 29.8 Å². The number of aliphatic hydroxyl groups excluding tert-OH is 1. The number of benzene rings is 2. The number of nitrogens with one attached hydrogen (secondary N) is 1. The average molecular weight is 540 g/mol. The van der Waals surface area contributed by atoms with Crippen LogP contribution in [0.5, 0.6) is 5.75 Å². The third-order valence-corrected chi connectivity index (χ3v) is 8.93. The number of aryl methyl sites for hydroxylation is 1. The molecular formula is C24H33N3O7S2. The number of anilines is 1. The molecular weight excluding hydrogens is 506 g/mol. The minimum atomic E-state index is -3.91. The molecule has 10 nitrogen and oxygen atoms in total. The molecule has 0 aliphatic carbocycles. The molecule has 0 fully saturated rings. The largest absolute Gasteiger partial charge is 0.488 e. The third-order valence-electron chi connectivity index (χ3n) is 6.25. The summed E-state index contributed by atoms with van der Waals surface area (Å²) in [6.45, 7) is 5.39. The highest BCUT2D eigenvalue weighted by Gasteiger charge is 2.34. The van der Waals surface area contributed by atoms with E-state index >= 15 is 0 Å². The monoisotopic (exact) mass is 539 g/mol. The van der Waals surface area contributed by atoms with Crippen LogP contribution in [0.4, 0.5) is 5.69 Å². The Bertz CT molecular complexity index is 1310. The van der Waals surface area contributed by atoms with Gasteiger partial charge in [-0.05, 0) is 44.2 Å². The second kappa shape index (κ2) is 10.8. The lowest BCUT2D eigenvalue weighted by Gasteiger charge is -2.38. The Morgan fingerprint density at radius 3 is 2.39 bits per heavy atom. The van der Waals surface area contributed by atoms with Gasteiger partial charge in [-0.2, -0.15) is 0 Å². The van der Waals surface area contributed by atoms with Crippen molar-refractivity contribution >= 4 is 31.6 Å². The number of amides is 1. The Morgan fingerprint density at radius 2 is 1.81 bits per heavy atom. The highest BCUT2D eigenvalue weighted by Crippen LogP contribution is 2.31. The molecule has 198 valence electrons. The van der Waals surface area contributed by atoms with E-state index in [-0.39, 0.29) is 47.5 Å². The molecule has 0 spiro atoms. The van der Waals surface area contributed by atoms with Crippen LogP contribution in [-0.2, 0) is 20.0 Å². The highest BCUT2D eigenvalue weighted by atomic mass is 32.2. The van der Waals surface area contributed by atoms with Gasteiger partial charge < -0.3 is 14.7 Å². The Balaban J connectivity index is 2.01. The van der Waals surface area contributed by atoms with Crippen molar-refractivity contribution in [2.24, 2.45) is 5.92 Å². The van der Waals surface area contributed by atoms with Crippen LogP contribution in [0, 0.1) is 12.8 Å². The fraction of sp³-hybridized carbons (Fsp3) is 0.458. The van der Waals surface area contributed by atoms with Gasteiger partial charge >= 0.3 is 0 Å². The van der Waals surface area contributed by atoms with Crippen LogP contribution in [0.2, 0.25) is 0 Å². The zero-order valence-corrected chi connectivity index (χ0v) is 22.6. The Hall–Kier alpha value is -2.67. The molecule has 0 saturated carbocycles. The first kappa shape index (κ1) is 27.9. The summed E-state index contributed by atoms with van der Waals surface area (Å²) in [6.07, 6.45) is 0.505. The van der Waals surface area contributed by atoms with Gasteiger partial charge in [-0.15, -0.1) is 0 Å². The van der Waals surface area contributed by atoms with Gasteiger partial charge in [0.2, 0.25) is 10.0 Å². The van der Waals surface area contributed by atoms with Crippen LogP contribution in [0.15, 0.2) is 47.4 Å². The van der Waals surface area contributed by atoms with Crippen molar-refractivity contribution < 1.29 is 31.5 Å². The Morgan fingerprint density at radius 1 is 1.17 bits per heavy atom. The van der Waals surface area contributed by atoms with E-state index in [1.807, 2.05) is 13.8 Å². The fourth-order valence-corrected chi connectivity index (χ4v) is 5.29. The Kier molecular flexibility index (Phi) is 8.33. The number of hydrogen-bond acceptors (Lipinski definition) is 7. The molecule has 0 saturated heterocycles. The maximum atomic E-state index is 13.5. The topological polar surface area (TPSA) is 133 Å². The van der Waals surface area contributed by atoms with Crippen LogP contribution >= 0.6 is 0 Å². The van der Waals surface area contributed by atoms with Gasteiger partial charge in [0.1, 0.15) is 11.9 Å². The second-order valence-corrected chi connectivity index (χ2v) is 13.1. The van der Waals surface area contributed by atoms with Gasteiger partial charge in [0, 0.05) is 25.2 Å². The summed E-state index contributed by atoms with van der Waals surface area (Å²) in [5.74, 6) is -0.489. The van der Waals surface area contributed by atoms with E-state index < -0.39 is 38.1 Å². The lowest BCUT2D eigenvalue weighted by atomic mass is 9.99. The number of carbonyl (C=O) groups excluding carboxylic acids is 1. The standard InChI is InChI=1S/C24H33N3O7S2/c1-16-6-9-20(10-7-16)36(32,33)25-19-8-11-22-21(12-19)24(29)27(18(3)15-28)13-17(2)23(34-22)14-26(4)35(5,30)31/h6-12,17-18,23,25,28H,13-15H2,1-5H3/t17-,18+,23-/m0/s1. The fourth-order valence-electron chi connectivity index (χ4n) is 3.82. The van der Waals surface area contributed by atoms with Crippen LogP contribution < -0.4 is 9.46 Å². The summed E-state index contributed by atoms with van der Waals surface area (Å²) in [7, 11) is -5.92. The molecule has 1 aliphatic heterocycles. The predicted octanol–water partition coefficient (Wildman–Crippen LogP) is 1.91. The van der Waals surface area contributed by atoms with Crippen molar-refractivity contribution in [3.8, 4) is 5.75 Å². The zero-order chi connectivity index (χ0) is 26.8. The second-order valence-electron chi connectivity index (χ2n) is 9.30. The minimum absolute atomic E-state index is 0.0524. The van der Waals surface area contributed by atoms with E-state index in [4.69, 9.17) is 4.74 Å². The van der Waals surface area contributed by atoms with E-state index in [9.17, 15) is 26.7 Å². The summed E-state index contributed by atoms with van der Waals surface area (Å²) in [5, 5.41) is 9.77. The van der Waals surface area contributed by atoms with Crippen molar-refractivity contribution in [1.29, 1.82) is 0 Å². The number of sulfonamides is 2. The molecule has 0 unspecified atom stereocenters. The summed E-state index contributed by atoms with van der Waals surface area (Å²) in [6, 6.07) is 10.2. The van der Waals surface area contributed by atoms with Gasteiger partial charge in [0.15, 0.2) is 0 Å². The highest BCUT2D eigenvalue weighted by molar-refractivity contribution is 7.92. The Labute approximate surface area is 213 Å². The maximum Gasteiger partial charge on any atom is 0.261 e. The lowest BCUT2D eigenvalue weighted by Crippen LogP contribution is -2.50. The number of hydrogen-bond donors (Lipinski definition) is 2. The zero-order valence-electron chi connectivity index (χ0n) is 21.0. The summed E-state index contributed by atoms with van der Waals surface area (Å²) in [4.78, 5) is 15.1. The van der Waals surface area contributed by atoms with Gasteiger partial charge in [0.05, 0.1) is 35.9 Å². The third kappa shape index (κ3) is 6.36. The van der Waals surface area contributed by atoms with Crippen molar-refractivity contribution in [1.82, 2.24) is 9.21 Å². The normalized spacial score (nSPS) is 19.8. The maximum absolute atomic E-state index is 13.5. The molecule has 1 amide bonds. The molecule has 12 heteroatoms. The molecule has 0 radical (unpaired) electrons. The number of likely N-dealkylation sites (N-methyl/N-ethyl adjacent to an activating group) is 1. The first-order valence-corrected chi connectivity index (χ1v) is 14.8. The average Bonchev–Trinajstić information content (AvgIpc) is 2.80. The number of aliphatic hydroxyl groups is 1. The van der Waals surface area contributed by atoms with E-state index in [0.717, 1.165) is 11.8 Å². The van der Waals surface area contributed by atoms with Crippen molar-refractivity contribution in [2.75, 3.05) is 37.7 Å². The minimum Gasteiger partial charge on any atom is -0.488 e. The van der Waals surface area contributed by atoms with Gasteiger partial charge in [-0.25, -0.2) is 21.1 Å². The molecule has 3 rings (SSSR count). The molecule has 2 N–H and O–H groups in total. The molecule has 3 atom stereocenters. The van der Waals surface area contributed by atoms with E-state index in [2.05, 4.69) is 4.72 Å². The quantitative estimate of drug-likeness (QED) is 0.523. The first-order valence-electron chi connectivity index (χ1n) is 11.5. The van der Waals surface area contributed by atoms with Crippen molar-refractivity contribution in [3.63, 3.8) is 0 Å². The molecule has 1 aliphatic rings. The van der Waals surface area contributed by atoms with Crippen molar-refractivity contribution in [2.45, 2.75) is 37.8 Å². The SMILES string of the molecule is Cc1ccc(S(=O)(=O)Nc2ccc3c(c2)C(=O)N([C@H](C)CO)C[C@H](C)[C@H](CN(C)S(C)(=O)=O)O3)cc1. The number of carbonyl (C=O) groups is 1.